The standard InChI is InChI=1S/C14H23N3O3.ClH/c18-13-9-15-5-7-17(13)11-3-1-6-16(10-11)14(19)12-4-2-8-20-12;/h11-12,15H,1-10H2;1H. The monoisotopic (exact) mass is 317 g/mol. The molecule has 3 heterocycles. The van der Waals surface area contributed by atoms with Gasteiger partial charge in [0.15, 0.2) is 0 Å². The third-order valence-corrected chi connectivity index (χ3v) is 4.48. The fourth-order valence-corrected chi connectivity index (χ4v) is 3.39. The molecule has 3 aliphatic rings. The van der Waals surface area contributed by atoms with Gasteiger partial charge in [0.25, 0.3) is 5.91 Å². The van der Waals surface area contributed by atoms with Crippen molar-refractivity contribution in [1.29, 1.82) is 0 Å². The molecule has 1 N–H and O–H groups in total. The molecule has 0 spiro atoms. The van der Waals surface area contributed by atoms with Crippen molar-refractivity contribution >= 4 is 24.2 Å². The molecule has 120 valence electrons. The summed E-state index contributed by atoms with van der Waals surface area (Å²) >= 11 is 0. The van der Waals surface area contributed by atoms with Gasteiger partial charge in [-0.15, -0.1) is 12.4 Å². The van der Waals surface area contributed by atoms with Crippen molar-refractivity contribution in [3.05, 3.63) is 0 Å². The van der Waals surface area contributed by atoms with Crippen molar-refractivity contribution in [3.8, 4) is 0 Å². The summed E-state index contributed by atoms with van der Waals surface area (Å²) in [7, 11) is 0. The number of piperidine rings is 1. The third-order valence-electron chi connectivity index (χ3n) is 4.48. The molecule has 0 saturated carbocycles. The van der Waals surface area contributed by atoms with E-state index in [1.807, 2.05) is 9.80 Å². The van der Waals surface area contributed by atoms with Crippen LogP contribution in [0.1, 0.15) is 25.7 Å². The maximum Gasteiger partial charge on any atom is 0.251 e. The molecule has 7 heteroatoms. The number of ether oxygens (including phenoxy) is 1. The van der Waals surface area contributed by atoms with Crippen molar-refractivity contribution in [2.45, 2.75) is 37.8 Å². The number of piperazine rings is 1. The van der Waals surface area contributed by atoms with Crippen LogP contribution >= 0.6 is 12.4 Å². The van der Waals surface area contributed by atoms with Crippen LogP contribution in [0.4, 0.5) is 0 Å². The average molecular weight is 318 g/mol. The first kappa shape index (κ1) is 16.5. The summed E-state index contributed by atoms with van der Waals surface area (Å²) < 4.78 is 5.49. The topological polar surface area (TPSA) is 61.9 Å². The normalized spacial score (nSPS) is 30.2. The Bertz CT molecular complexity index is 388. The Labute approximate surface area is 131 Å². The lowest BCUT2D eigenvalue weighted by Gasteiger charge is -2.41. The van der Waals surface area contributed by atoms with Crippen LogP contribution in [0.5, 0.6) is 0 Å². The molecule has 3 rings (SSSR count). The largest absolute Gasteiger partial charge is 0.368 e. The molecule has 2 amide bonds. The number of amides is 2. The number of rotatable bonds is 2. The Morgan fingerprint density at radius 2 is 2.10 bits per heavy atom. The van der Waals surface area contributed by atoms with E-state index in [9.17, 15) is 9.59 Å². The Morgan fingerprint density at radius 3 is 2.81 bits per heavy atom. The molecular weight excluding hydrogens is 294 g/mol. The highest BCUT2D eigenvalue weighted by atomic mass is 35.5. The van der Waals surface area contributed by atoms with E-state index in [1.54, 1.807) is 0 Å². The molecule has 0 aromatic carbocycles. The van der Waals surface area contributed by atoms with Gasteiger partial charge in [-0.05, 0) is 25.7 Å². The Hall–Kier alpha value is -0.850. The van der Waals surface area contributed by atoms with E-state index >= 15 is 0 Å². The fourth-order valence-electron chi connectivity index (χ4n) is 3.39. The van der Waals surface area contributed by atoms with Crippen LogP contribution in [0, 0.1) is 0 Å². The highest BCUT2D eigenvalue weighted by Gasteiger charge is 2.35. The minimum absolute atomic E-state index is 0. The molecule has 0 aliphatic carbocycles. The predicted octanol–water partition coefficient (Wildman–Crippen LogP) is 0.0100. The predicted molar refractivity (Wildman–Crippen MR) is 80.4 cm³/mol. The summed E-state index contributed by atoms with van der Waals surface area (Å²) in [6.07, 6.45) is 3.55. The fraction of sp³-hybridized carbons (Fsp3) is 0.857. The summed E-state index contributed by atoms with van der Waals surface area (Å²) in [5.41, 5.74) is 0. The molecule has 3 saturated heterocycles. The van der Waals surface area contributed by atoms with Gasteiger partial charge in [0.2, 0.25) is 5.91 Å². The molecule has 6 nitrogen and oxygen atoms in total. The molecule has 0 aromatic rings. The summed E-state index contributed by atoms with van der Waals surface area (Å²) in [4.78, 5) is 28.2. The van der Waals surface area contributed by atoms with Crippen molar-refractivity contribution in [2.24, 2.45) is 0 Å². The van der Waals surface area contributed by atoms with Gasteiger partial charge >= 0.3 is 0 Å². The van der Waals surface area contributed by atoms with E-state index in [0.29, 0.717) is 19.7 Å². The van der Waals surface area contributed by atoms with Gasteiger partial charge in [-0.25, -0.2) is 0 Å². The van der Waals surface area contributed by atoms with Crippen molar-refractivity contribution in [3.63, 3.8) is 0 Å². The highest BCUT2D eigenvalue weighted by molar-refractivity contribution is 5.85. The van der Waals surface area contributed by atoms with Gasteiger partial charge in [-0.2, -0.15) is 0 Å². The number of hydrogen-bond donors (Lipinski definition) is 1. The zero-order chi connectivity index (χ0) is 13.9. The SMILES string of the molecule is Cl.O=C(C1CCCO1)N1CCCC(N2CCNCC2=O)C1. The zero-order valence-electron chi connectivity index (χ0n) is 12.3. The lowest BCUT2D eigenvalue weighted by Crippen LogP contribution is -2.58. The molecule has 2 unspecified atom stereocenters. The Morgan fingerprint density at radius 1 is 1.24 bits per heavy atom. The van der Waals surface area contributed by atoms with Crippen LogP contribution in [-0.4, -0.2) is 73.1 Å². The third kappa shape index (κ3) is 3.67. The number of nitrogens with one attached hydrogen (secondary N) is 1. The van der Waals surface area contributed by atoms with Gasteiger partial charge in [-0.3, -0.25) is 9.59 Å². The smallest absolute Gasteiger partial charge is 0.251 e. The minimum atomic E-state index is -0.243. The maximum absolute atomic E-state index is 12.4. The number of carbonyl (C=O) groups is 2. The van der Waals surface area contributed by atoms with Crippen LogP contribution in [0.15, 0.2) is 0 Å². The molecule has 3 fully saturated rings. The second-order valence-corrected chi connectivity index (χ2v) is 5.85. The lowest BCUT2D eigenvalue weighted by molar-refractivity contribution is -0.146. The first-order valence-corrected chi connectivity index (χ1v) is 7.66. The van der Waals surface area contributed by atoms with Crippen LogP contribution in [0.2, 0.25) is 0 Å². The van der Waals surface area contributed by atoms with E-state index in [1.165, 1.54) is 0 Å². The molecule has 0 bridgehead atoms. The molecule has 2 atom stereocenters. The average Bonchev–Trinajstić information content (AvgIpc) is 3.01. The number of hydrogen-bond acceptors (Lipinski definition) is 4. The molecule has 0 aromatic heterocycles. The van der Waals surface area contributed by atoms with E-state index in [-0.39, 0.29) is 36.4 Å². The van der Waals surface area contributed by atoms with Gasteiger partial charge in [0.1, 0.15) is 6.10 Å². The van der Waals surface area contributed by atoms with E-state index in [2.05, 4.69) is 5.32 Å². The van der Waals surface area contributed by atoms with Crippen molar-refractivity contribution < 1.29 is 14.3 Å². The van der Waals surface area contributed by atoms with Crippen LogP contribution in [-0.2, 0) is 14.3 Å². The Balaban J connectivity index is 0.00000161. The first-order valence-electron chi connectivity index (χ1n) is 7.66. The van der Waals surface area contributed by atoms with Gasteiger partial charge < -0.3 is 19.9 Å². The summed E-state index contributed by atoms with van der Waals surface area (Å²) in [6.45, 7) is 4.20. The molecule has 3 aliphatic heterocycles. The molecule has 0 radical (unpaired) electrons. The van der Waals surface area contributed by atoms with Crippen LogP contribution in [0.3, 0.4) is 0 Å². The second-order valence-electron chi connectivity index (χ2n) is 5.85. The van der Waals surface area contributed by atoms with Crippen molar-refractivity contribution in [1.82, 2.24) is 15.1 Å². The Kier molecular flexibility index (Phi) is 5.84. The quantitative estimate of drug-likeness (QED) is 0.779. The van der Waals surface area contributed by atoms with Crippen LogP contribution < -0.4 is 5.32 Å². The molecular formula is C14H24ClN3O3. The van der Waals surface area contributed by atoms with Gasteiger partial charge in [-0.1, -0.05) is 0 Å². The van der Waals surface area contributed by atoms with E-state index in [0.717, 1.165) is 45.3 Å². The number of carbonyl (C=O) groups excluding carboxylic acids is 2. The van der Waals surface area contributed by atoms with Gasteiger partial charge in [0.05, 0.1) is 6.54 Å². The van der Waals surface area contributed by atoms with E-state index in [4.69, 9.17) is 4.74 Å². The minimum Gasteiger partial charge on any atom is -0.368 e. The van der Waals surface area contributed by atoms with Crippen molar-refractivity contribution in [2.75, 3.05) is 39.3 Å². The molecule has 21 heavy (non-hydrogen) atoms. The van der Waals surface area contributed by atoms with E-state index < -0.39 is 0 Å². The zero-order valence-corrected chi connectivity index (χ0v) is 13.1. The summed E-state index contributed by atoms with van der Waals surface area (Å²) in [6, 6.07) is 0.184. The highest BCUT2D eigenvalue weighted by Crippen LogP contribution is 2.21. The second kappa shape index (κ2) is 7.42. The summed E-state index contributed by atoms with van der Waals surface area (Å²) in [5.74, 6) is 0.280. The number of halogens is 1. The first-order chi connectivity index (χ1) is 9.75. The number of nitrogens with zero attached hydrogens (tertiary/aromatic N) is 2. The maximum atomic E-state index is 12.4. The number of likely N-dealkylation sites (tertiary alicyclic amines) is 1. The van der Waals surface area contributed by atoms with Gasteiger partial charge in [0, 0.05) is 38.8 Å². The van der Waals surface area contributed by atoms with Crippen LogP contribution in [0.25, 0.3) is 0 Å². The lowest BCUT2D eigenvalue weighted by atomic mass is 10.0. The summed E-state index contributed by atoms with van der Waals surface area (Å²) in [5, 5.41) is 3.09.